The van der Waals surface area contributed by atoms with E-state index in [1.165, 1.54) is 0 Å². The summed E-state index contributed by atoms with van der Waals surface area (Å²) in [4.78, 5) is 22.5. The van der Waals surface area contributed by atoms with Crippen LogP contribution in [0.3, 0.4) is 0 Å². The van der Waals surface area contributed by atoms with Gasteiger partial charge < -0.3 is 10.1 Å². The summed E-state index contributed by atoms with van der Waals surface area (Å²) in [5, 5.41) is 2.01. The number of rotatable bonds is 5. The monoisotopic (exact) mass is 277 g/mol. The number of ether oxygens (including phenoxy) is 1. The highest BCUT2D eigenvalue weighted by Gasteiger charge is 2.33. The first kappa shape index (κ1) is 15.9. The highest BCUT2D eigenvalue weighted by Crippen LogP contribution is 2.31. The van der Waals surface area contributed by atoms with E-state index in [0.29, 0.717) is 6.92 Å². The van der Waals surface area contributed by atoms with Crippen molar-refractivity contribution in [3.8, 4) is 0 Å². The first-order chi connectivity index (χ1) is 8.73. The zero-order valence-electron chi connectivity index (χ0n) is 11.4. The number of hydrogen-bond acceptors (Lipinski definition) is 3. The van der Waals surface area contributed by atoms with Gasteiger partial charge in [-0.05, 0) is 32.6 Å². The van der Waals surface area contributed by atoms with Crippen molar-refractivity contribution in [1.82, 2.24) is 5.32 Å². The van der Waals surface area contributed by atoms with Crippen LogP contribution < -0.4 is 5.32 Å². The third-order valence-corrected chi connectivity index (χ3v) is 3.28. The van der Waals surface area contributed by atoms with Crippen molar-refractivity contribution in [3.63, 3.8) is 0 Å². The van der Waals surface area contributed by atoms with Gasteiger partial charge in [-0.1, -0.05) is 6.42 Å². The maximum atomic E-state index is 12.5. The maximum Gasteiger partial charge on any atom is 0.321 e. The molecule has 1 aliphatic rings. The Morgan fingerprint density at radius 1 is 1.26 bits per heavy atom. The van der Waals surface area contributed by atoms with E-state index < -0.39 is 23.4 Å². The maximum absolute atomic E-state index is 12.5. The zero-order chi connectivity index (χ0) is 14.5. The molecule has 0 radical (unpaired) electrons. The Labute approximate surface area is 111 Å². The molecule has 0 aromatic heterocycles. The van der Waals surface area contributed by atoms with Gasteiger partial charge in [0.2, 0.25) is 0 Å². The van der Waals surface area contributed by atoms with Crippen LogP contribution in [0, 0.1) is 0 Å². The molecule has 1 rings (SSSR count). The SMILES string of the molecule is CC1(OC(=O)CCNC(=O)C(C)(F)F)CCCCC1. The summed E-state index contributed by atoms with van der Waals surface area (Å²) < 4.78 is 30.5. The van der Waals surface area contributed by atoms with Crippen LogP contribution in [0.2, 0.25) is 0 Å². The van der Waals surface area contributed by atoms with Crippen LogP contribution in [0.25, 0.3) is 0 Å². The van der Waals surface area contributed by atoms with Crippen LogP contribution in [0.1, 0.15) is 52.4 Å². The van der Waals surface area contributed by atoms with Crippen LogP contribution in [-0.4, -0.2) is 29.9 Å². The summed E-state index contributed by atoms with van der Waals surface area (Å²) in [7, 11) is 0. The van der Waals surface area contributed by atoms with Crippen LogP contribution in [0.15, 0.2) is 0 Å². The van der Waals surface area contributed by atoms with Crippen molar-refractivity contribution >= 4 is 11.9 Å². The van der Waals surface area contributed by atoms with Crippen LogP contribution in [-0.2, 0) is 14.3 Å². The number of carbonyl (C=O) groups is 2. The minimum Gasteiger partial charge on any atom is -0.459 e. The van der Waals surface area contributed by atoms with E-state index in [0.717, 1.165) is 32.1 Å². The lowest BCUT2D eigenvalue weighted by atomic mass is 9.86. The van der Waals surface area contributed by atoms with Crippen molar-refractivity contribution in [2.75, 3.05) is 6.54 Å². The number of carbonyl (C=O) groups excluding carboxylic acids is 2. The predicted octanol–water partition coefficient (Wildman–Crippen LogP) is 2.41. The Balaban J connectivity index is 2.26. The summed E-state index contributed by atoms with van der Waals surface area (Å²) >= 11 is 0. The van der Waals surface area contributed by atoms with Gasteiger partial charge in [-0.25, -0.2) is 0 Å². The Morgan fingerprint density at radius 2 is 1.84 bits per heavy atom. The minimum absolute atomic E-state index is 0.0859. The number of hydrogen-bond donors (Lipinski definition) is 1. The normalized spacial score (nSPS) is 18.7. The van der Waals surface area contributed by atoms with Gasteiger partial charge in [0, 0.05) is 13.5 Å². The molecule has 19 heavy (non-hydrogen) atoms. The van der Waals surface area contributed by atoms with Gasteiger partial charge >= 0.3 is 11.9 Å². The molecule has 0 saturated heterocycles. The quantitative estimate of drug-likeness (QED) is 0.785. The van der Waals surface area contributed by atoms with Crippen LogP contribution in [0.4, 0.5) is 8.78 Å². The van der Waals surface area contributed by atoms with E-state index >= 15 is 0 Å². The van der Waals surface area contributed by atoms with Crippen molar-refractivity contribution in [2.45, 2.75) is 63.9 Å². The van der Waals surface area contributed by atoms with Gasteiger partial charge in [-0.15, -0.1) is 0 Å². The van der Waals surface area contributed by atoms with Gasteiger partial charge in [-0.3, -0.25) is 9.59 Å². The molecule has 1 N–H and O–H groups in total. The van der Waals surface area contributed by atoms with Crippen molar-refractivity contribution in [1.29, 1.82) is 0 Å². The molecule has 0 atom stereocenters. The second kappa shape index (κ2) is 6.30. The lowest BCUT2D eigenvalue weighted by Crippen LogP contribution is -2.39. The van der Waals surface area contributed by atoms with E-state index in [9.17, 15) is 18.4 Å². The average molecular weight is 277 g/mol. The number of esters is 1. The smallest absolute Gasteiger partial charge is 0.321 e. The molecule has 0 aromatic carbocycles. The van der Waals surface area contributed by atoms with Gasteiger partial charge in [0.1, 0.15) is 5.60 Å². The Kier molecular flexibility index (Phi) is 5.26. The molecule has 0 aromatic rings. The lowest BCUT2D eigenvalue weighted by molar-refractivity contribution is -0.161. The Morgan fingerprint density at radius 3 is 2.37 bits per heavy atom. The van der Waals surface area contributed by atoms with Gasteiger partial charge in [0.25, 0.3) is 5.91 Å². The highest BCUT2D eigenvalue weighted by molar-refractivity contribution is 5.83. The molecule has 4 nitrogen and oxygen atoms in total. The average Bonchev–Trinajstić information content (AvgIpc) is 2.27. The van der Waals surface area contributed by atoms with E-state index in [-0.39, 0.29) is 13.0 Å². The second-order valence-electron chi connectivity index (χ2n) is 5.38. The van der Waals surface area contributed by atoms with Crippen molar-refractivity contribution in [2.24, 2.45) is 0 Å². The number of halogens is 2. The van der Waals surface area contributed by atoms with Gasteiger partial charge in [0.15, 0.2) is 0 Å². The molecule has 1 fully saturated rings. The Hall–Kier alpha value is -1.20. The molecule has 0 bridgehead atoms. The minimum atomic E-state index is -3.42. The molecule has 0 spiro atoms. The summed E-state index contributed by atoms with van der Waals surface area (Å²) in [6.45, 7) is 2.28. The van der Waals surface area contributed by atoms with Crippen molar-refractivity contribution < 1.29 is 23.1 Å². The van der Waals surface area contributed by atoms with Crippen LogP contribution >= 0.6 is 0 Å². The third kappa shape index (κ3) is 5.53. The predicted molar refractivity (Wildman–Crippen MR) is 65.8 cm³/mol. The molecule has 0 aliphatic heterocycles. The van der Waals surface area contributed by atoms with Crippen molar-refractivity contribution in [3.05, 3.63) is 0 Å². The van der Waals surface area contributed by atoms with Gasteiger partial charge in [-0.2, -0.15) is 8.78 Å². The molecule has 1 saturated carbocycles. The number of alkyl halides is 2. The molecule has 110 valence electrons. The summed E-state index contributed by atoms with van der Waals surface area (Å²) in [5.74, 6) is -5.24. The molecule has 0 unspecified atom stereocenters. The summed E-state index contributed by atoms with van der Waals surface area (Å²) in [5.41, 5.74) is -0.436. The largest absolute Gasteiger partial charge is 0.459 e. The molecule has 1 aliphatic carbocycles. The first-order valence-corrected chi connectivity index (χ1v) is 6.61. The highest BCUT2D eigenvalue weighted by atomic mass is 19.3. The fraction of sp³-hybridized carbons (Fsp3) is 0.846. The Bertz CT molecular complexity index is 333. The number of nitrogens with one attached hydrogen (secondary N) is 1. The molecular weight excluding hydrogens is 256 g/mol. The third-order valence-electron chi connectivity index (χ3n) is 3.28. The second-order valence-corrected chi connectivity index (χ2v) is 5.38. The summed E-state index contributed by atoms with van der Waals surface area (Å²) in [6.07, 6.45) is 4.79. The van der Waals surface area contributed by atoms with E-state index in [1.807, 2.05) is 12.2 Å². The fourth-order valence-electron chi connectivity index (χ4n) is 2.16. The molecule has 6 heteroatoms. The van der Waals surface area contributed by atoms with Crippen LogP contribution in [0.5, 0.6) is 0 Å². The van der Waals surface area contributed by atoms with Gasteiger partial charge in [0.05, 0.1) is 6.42 Å². The van der Waals surface area contributed by atoms with E-state index in [1.54, 1.807) is 0 Å². The topological polar surface area (TPSA) is 55.4 Å². The standard InChI is InChI=1S/C13H21F2NO3/c1-12(7-4-3-5-8-12)19-10(17)6-9-16-11(18)13(2,14)15/h3-9H2,1-2H3,(H,16,18). The lowest BCUT2D eigenvalue weighted by Gasteiger charge is -2.33. The molecule has 1 amide bonds. The molecular formula is C13H21F2NO3. The first-order valence-electron chi connectivity index (χ1n) is 6.61. The van der Waals surface area contributed by atoms with E-state index in [2.05, 4.69) is 0 Å². The summed E-state index contributed by atoms with van der Waals surface area (Å²) in [6, 6.07) is 0. The van der Waals surface area contributed by atoms with E-state index in [4.69, 9.17) is 4.74 Å². The number of amides is 1. The molecule has 0 heterocycles. The fourth-order valence-corrected chi connectivity index (χ4v) is 2.16. The zero-order valence-corrected chi connectivity index (χ0v) is 11.4.